The Labute approximate surface area is 89.1 Å². The molecule has 0 aliphatic rings. The fraction of sp³-hybridized carbons (Fsp3) is 0.250. The highest BCUT2D eigenvalue weighted by Crippen LogP contribution is 2.35. The summed E-state index contributed by atoms with van der Waals surface area (Å²) in [4.78, 5) is 0. The van der Waals surface area contributed by atoms with E-state index in [0.29, 0.717) is 0 Å². The van der Waals surface area contributed by atoms with E-state index in [4.69, 9.17) is 10.8 Å². The van der Waals surface area contributed by atoms with Crippen molar-refractivity contribution in [2.45, 2.75) is 12.2 Å². The molecular weight excluding hydrogens is 238 g/mol. The van der Waals surface area contributed by atoms with Crippen LogP contribution in [-0.4, -0.2) is 11.3 Å². The number of para-hydroxylation sites is 1. The van der Waals surface area contributed by atoms with Gasteiger partial charge in [-0.2, -0.15) is 13.2 Å². The Hall–Kier alpha value is -1.01. The highest BCUT2D eigenvalue weighted by Gasteiger charge is 2.39. The standard InChI is InChI=1S/C8H7F4NO.ClH/c9-5-3-1-2-4(6(5)14)7(13)8(10,11)12;/h1-3,7,14H,13H2;1H/t7-;/m1./s1. The average molecular weight is 246 g/mol. The van der Waals surface area contributed by atoms with Crippen LogP contribution in [0.4, 0.5) is 17.6 Å². The molecule has 0 fully saturated rings. The molecular formula is C8H8ClF4NO. The van der Waals surface area contributed by atoms with Gasteiger partial charge in [0, 0.05) is 5.56 Å². The molecule has 7 heteroatoms. The second-order valence-electron chi connectivity index (χ2n) is 2.70. The quantitative estimate of drug-likeness (QED) is 0.747. The highest BCUT2D eigenvalue weighted by molar-refractivity contribution is 5.85. The zero-order valence-corrected chi connectivity index (χ0v) is 8.07. The van der Waals surface area contributed by atoms with Crippen LogP contribution in [0, 0.1) is 5.82 Å². The van der Waals surface area contributed by atoms with Gasteiger partial charge in [-0.05, 0) is 6.07 Å². The zero-order chi connectivity index (χ0) is 10.9. The van der Waals surface area contributed by atoms with Gasteiger partial charge < -0.3 is 10.8 Å². The molecule has 0 aromatic heterocycles. The Kier molecular flexibility index (Phi) is 4.36. The molecule has 0 saturated carbocycles. The average Bonchev–Trinajstić information content (AvgIpc) is 2.07. The summed E-state index contributed by atoms with van der Waals surface area (Å²) >= 11 is 0. The van der Waals surface area contributed by atoms with Crippen molar-refractivity contribution in [3.8, 4) is 5.75 Å². The fourth-order valence-electron chi connectivity index (χ4n) is 0.959. The summed E-state index contributed by atoms with van der Waals surface area (Å²) in [5, 5.41) is 8.98. The highest BCUT2D eigenvalue weighted by atomic mass is 35.5. The van der Waals surface area contributed by atoms with Gasteiger partial charge in [-0.1, -0.05) is 12.1 Å². The van der Waals surface area contributed by atoms with Crippen molar-refractivity contribution in [2.24, 2.45) is 5.73 Å². The van der Waals surface area contributed by atoms with E-state index >= 15 is 0 Å². The summed E-state index contributed by atoms with van der Waals surface area (Å²) in [5.41, 5.74) is 4.12. The summed E-state index contributed by atoms with van der Waals surface area (Å²) in [6, 6.07) is 0.451. The molecule has 1 aromatic rings. The van der Waals surface area contributed by atoms with E-state index in [1.165, 1.54) is 0 Å². The third-order valence-corrected chi connectivity index (χ3v) is 1.71. The lowest BCUT2D eigenvalue weighted by Crippen LogP contribution is -2.28. The molecule has 0 bridgehead atoms. The molecule has 0 aliphatic heterocycles. The van der Waals surface area contributed by atoms with Gasteiger partial charge in [0.2, 0.25) is 0 Å². The topological polar surface area (TPSA) is 46.2 Å². The first-order chi connectivity index (χ1) is 6.34. The van der Waals surface area contributed by atoms with Crippen LogP contribution in [0.2, 0.25) is 0 Å². The Morgan fingerprint density at radius 2 is 1.80 bits per heavy atom. The SMILES string of the molecule is Cl.N[C@H](c1cccc(F)c1O)C(F)(F)F. The van der Waals surface area contributed by atoms with Crippen LogP contribution in [-0.2, 0) is 0 Å². The smallest absolute Gasteiger partial charge is 0.407 e. The van der Waals surface area contributed by atoms with E-state index in [0.717, 1.165) is 18.2 Å². The molecule has 0 aliphatic carbocycles. The van der Waals surface area contributed by atoms with E-state index in [9.17, 15) is 17.6 Å². The van der Waals surface area contributed by atoms with E-state index < -0.39 is 29.3 Å². The minimum absolute atomic E-state index is 0. The molecule has 2 nitrogen and oxygen atoms in total. The number of nitrogens with two attached hydrogens (primary N) is 1. The van der Waals surface area contributed by atoms with Crippen LogP contribution in [0.1, 0.15) is 11.6 Å². The van der Waals surface area contributed by atoms with Crippen molar-refractivity contribution in [2.75, 3.05) is 0 Å². The van der Waals surface area contributed by atoms with Gasteiger partial charge >= 0.3 is 6.18 Å². The maximum atomic E-state index is 12.7. The molecule has 0 heterocycles. The van der Waals surface area contributed by atoms with E-state index in [1.807, 2.05) is 0 Å². The summed E-state index contributed by atoms with van der Waals surface area (Å²) in [6.07, 6.45) is -4.70. The second kappa shape index (κ2) is 4.67. The Bertz CT molecular complexity index is 342. The summed E-state index contributed by atoms with van der Waals surface area (Å²) in [7, 11) is 0. The van der Waals surface area contributed by atoms with Gasteiger partial charge in [0.1, 0.15) is 6.04 Å². The number of aromatic hydroxyl groups is 1. The van der Waals surface area contributed by atoms with Gasteiger partial charge in [0.15, 0.2) is 11.6 Å². The molecule has 1 aromatic carbocycles. The fourth-order valence-corrected chi connectivity index (χ4v) is 0.959. The van der Waals surface area contributed by atoms with Crippen LogP contribution in [0.25, 0.3) is 0 Å². The first kappa shape index (κ1) is 14.0. The Morgan fingerprint density at radius 1 is 1.27 bits per heavy atom. The van der Waals surface area contributed by atoms with E-state index in [2.05, 4.69) is 0 Å². The minimum Gasteiger partial charge on any atom is -0.505 e. The van der Waals surface area contributed by atoms with E-state index in [1.54, 1.807) is 0 Å². The molecule has 0 amide bonds. The molecule has 1 rings (SSSR count). The number of rotatable bonds is 1. The van der Waals surface area contributed by atoms with Crippen molar-refractivity contribution in [3.63, 3.8) is 0 Å². The van der Waals surface area contributed by atoms with Crippen molar-refractivity contribution in [1.29, 1.82) is 0 Å². The minimum atomic E-state index is -4.70. The van der Waals surface area contributed by atoms with Crippen LogP contribution in [0.3, 0.4) is 0 Å². The number of hydrogen-bond donors (Lipinski definition) is 2. The molecule has 0 saturated heterocycles. The number of phenols is 1. The number of halogens is 5. The molecule has 86 valence electrons. The first-order valence-electron chi connectivity index (χ1n) is 3.63. The lowest BCUT2D eigenvalue weighted by Gasteiger charge is -2.16. The lowest BCUT2D eigenvalue weighted by molar-refractivity contribution is -0.149. The van der Waals surface area contributed by atoms with E-state index in [-0.39, 0.29) is 12.4 Å². The van der Waals surface area contributed by atoms with Crippen molar-refractivity contribution in [1.82, 2.24) is 0 Å². The van der Waals surface area contributed by atoms with Crippen LogP contribution in [0.5, 0.6) is 5.75 Å². The monoisotopic (exact) mass is 245 g/mol. The van der Waals surface area contributed by atoms with Crippen molar-refractivity contribution < 1.29 is 22.7 Å². The normalized spacial score (nSPS) is 13.1. The van der Waals surface area contributed by atoms with Crippen LogP contribution < -0.4 is 5.73 Å². The summed E-state index contributed by atoms with van der Waals surface area (Å²) < 4.78 is 48.9. The maximum absolute atomic E-state index is 12.7. The summed E-state index contributed by atoms with van der Waals surface area (Å²) in [6.45, 7) is 0. The van der Waals surface area contributed by atoms with Gasteiger partial charge in [0.25, 0.3) is 0 Å². The first-order valence-corrected chi connectivity index (χ1v) is 3.63. The number of hydrogen-bond acceptors (Lipinski definition) is 2. The number of phenolic OH excluding ortho intramolecular Hbond substituents is 1. The van der Waals surface area contributed by atoms with Gasteiger partial charge in [-0.15, -0.1) is 12.4 Å². The van der Waals surface area contributed by atoms with Crippen molar-refractivity contribution >= 4 is 12.4 Å². The van der Waals surface area contributed by atoms with Crippen LogP contribution in [0.15, 0.2) is 18.2 Å². The molecule has 0 radical (unpaired) electrons. The predicted molar refractivity (Wildman–Crippen MR) is 48.3 cm³/mol. The number of alkyl halides is 3. The van der Waals surface area contributed by atoms with Gasteiger partial charge in [0.05, 0.1) is 0 Å². The van der Waals surface area contributed by atoms with Gasteiger partial charge in [-0.3, -0.25) is 0 Å². The number of benzene rings is 1. The van der Waals surface area contributed by atoms with Gasteiger partial charge in [-0.25, -0.2) is 4.39 Å². The largest absolute Gasteiger partial charge is 0.505 e. The zero-order valence-electron chi connectivity index (χ0n) is 7.25. The summed E-state index contributed by atoms with van der Waals surface area (Å²) in [5.74, 6) is -2.18. The molecule has 0 spiro atoms. The molecule has 1 atom stereocenters. The Morgan fingerprint density at radius 3 is 2.27 bits per heavy atom. The maximum Gasteiger partial charge on any atom is 0.407 e. The third-order valence-electron chi connectivity index (χ3n) is 1.71. The molecule has 3 N–H and O–H groups in total. The Balaban J connectivity index is 0.00000196. The second-order valence-corrected chi connectivity index (χ2v) is 2.70. The molecule has 0 unspecified atom stereocenters. The molecule has 15 heavy (non-hydrogen) atoms. The van der Waals surface area contributed by atoms with Crippen molar-refractivity contribution in [3.05, 3.63) is 29.6 Å². The van der Waals surface area contributed by atoms with Crippen LogP contribution >= 0.6 is 12.4 Å². The lowest BCUT2D eigenvalue weighted by atomic mass is 10.1. The predicted octanol–water partition coefficient (Wildman–Crippen LogP) is 2.52. The third kappa shape index (κ3) is 2.97.